The molecule has 136 valence electrons. The molecule has 0 unspecified atom stereocenters. The number of benzene rings is 2. The smallest absolute Gasteiger partial charge is 0.341 e. The van der Waals surface area contributed by atoms with Gasteiger partial charge in [-0.05, 0) is 37.5 Å². The Labute approximate surface area is 157 Å². The van der Waals surface area contributed by atoms with Crippen molar-refractivity contribution in [3.8, 4) is 0 Å². The van der Waals surface area contributed by atoms with E-state index in [-0.39, 0.29) is 17.2 Å². The third-order valence-electron chi connectivity index (χ3n) is 4.45. The minimum absolute atomic E-state index is 0.196. The van der Waals surface area contributed by atoms with E-state index in [0.29, 0.717) is 23.7 Å². The van der Waals surface area contributed by atoms with Crippen LogP contribution in [0.1, 0.15) is 41.3 Å². The van der Waals surface area contributed by atoms with Crippen LogP contribution in [0.15, 0.2) is 48.5 Å². The Morgan fingerprint density at radius 1 is 1.04 bits per heavy atom. The number of rotatable bonds is 4. The van der Waals surface area contributed by atoms with Crippen molar-refractivity contribution in [1.29, 1.82) is 0 Å². The van der Waals surface area contributed by atoms with Crippen LogP contribution in [-0.2, 0) is 9.53 Å². The van der Waals surface area contributed by atoms with E-state index in [1.807, 2.05) is 18.2 Å². The van der Waals surface area contributed by atoms with Gasteiger partial charge in [0.25, 0.3) is 5.91 Å². The van der Waals surface area contributed by atoms with Gasteiger partial charge in [0.15, 0.2) is 0 Å². The molecular formula is C20H21ClN2O3. The highest BCUT2D eigenvalue weighted by Crippen LogP contribution is 2.26. The molecule has 26 heavy (non-hydrogen) atoms. The molecule has 5 nitrogen and oxygen atoms in total. The molecular weight excluding hydrogens is 352 g/mol. The number of esters is 1. The SMILES string of the molecule is Nc1cc(Cl)ccc1C(=O)O[C@H](C(=O)N1CCCCC1)c1ccccc1. The van der Waals surface area contributed by atoms with Crippen LogP contribution in [0.5, 0.6) is 0 Å². The number of nitrogen functional groups attached to an aromatic ring is 1. The Hall–Kier alpha value is -2.53. The summed E-state index contributed by atoms with van der Waals surface area (Å²) in [7, 11) is 0. The van der Waals surface area contributed by atoms with Gasteiger partial charge in [-0.15, -0.1) is 0 Å². The maximum absolute atomic E-state index is 13.0. The Morgan fingerprint density at radius 3 is 2.38 bits per heavy atom. The Bertz CT molecular complexity index is 789. The van der Waals surface area contributed by atoms with Gasteiger partial charge in [-0.25, -0.2) is 4.79 Å². The summed E-state index contributed by atoms with van der Waals surface area (Å²) >= 11 is 5.88. The number of carbonyl (C=O) groups is 2. The average Bonchev–Trinajstić information content (AvgIpc) is 2.67. The lowest BCUT2D eigenvalue weighted by atomic mass is 10.1. The molecule has 1 heterocycles. The first-order valence-corrected chi connectivity index (χ1v) is 9.04. The predicted octanol–water partition coefficient (Wildman–Crippen LogP) is 3.83. The molecule has 1 aliphatic rings. The standard InChI is InChI=1S/C20H21ClN2O3/c21-15-9-10-16(17(22)13-15)20(25)26-18(14-7-3-1-4-8-14)19(24)23-11-5-2-6-12-23/h1,3-4,7-10,13,18H,2,5-6,11-12,22H2/t18-/m0/s1. The predicted molar refractivity (Wildman–Crippen MR) is 101 cm³/mol. The average molecular weight is 373 g/mol. The number of likely N-dealkylation sites (tertiary alicyclic amines) is 1. The molecule has 1 amide bonds. The molecule has 1 atom stereocenters. The Morgan fingerprint density at radius 2 is 1.73 bits per heavy atom. The summed E-state index contributed by atoms with van der Waals surface area (Å²) in [5, 5.41) is 0.433. The number of carbonyl (C=O) groups excluding carboxylic acids is 2. The van der Waals surface area contributed by atoms with Crippen LogP contribution >= 0.6 is 11.6 Å². The van der Waals surface area contributed by atoms with Gasteiger partial charge in [-0.3, -0.25) is 4.79 Å². The molecule has 0 radical (unpaired) electrons. The summed E-state index contributed by atoms with van der Waals surface area (Å²) in [5.41, 5.74) is 6.94. The van der Waals surface area contributed by atoms with Crippen molar-refractivity contribution in [2.75, 3.05) is 18.8 Å². The lowest BCUT2D eigenvalue weighted by Crippen LogP contribution is -2.40. The minimum Gasteiger partial charge on any atom is -0.444 e. The Balaban J connectivity index is 1.85. The summed E-state index contributed by atoms with van der Waals surface area (Å²) < 4.78 is 5.61. The van der Waals surface area contributed by atoms with Crippen LogP contribution in [0.3, 0.4) is 0 Å². The van der Waals surface area contributed by atoms with Gasteiger partial charge >= 0.3 is 5.97 Å². The fourth-order valence-corrected chi connectivity index (χ4v) is 3.24. The summed E-state index contributed by atoms with van der Waals surface area (Å²) in [6.07, 6.45) is 2.05. The maximum atomic E-state index is 13.0. The number of amides is 1. The zero-order valence-corrected chi connectivity index (χ0v) is 15.1. The number of piperidine rings is 1. The fraction of sp³-hybridized carbons (Fsp3) is 0.300. The highest BCUT2D eigenvalue weighted by Gasteiger charge is 2.31. The molecule has 0 aromatic heterocycles. The molecule has 6 heteroatoms. The molecule has 0 saturated carbocycles. The molecule has 3 rings (SSSR count). The quantitative estimate of drug-likeness (QED) is 0.653. The number of hydrogen-bond acceptors (Lipinski definition) is 4. The van der Waals surface area contributed by atoms with Gasteiger partial charge in [0.2, 0.25) is 6.10 Å². The highest BCUT2D eigenvalue weighted by molar-refractivity contribution is 6.31. The van der Waals surface area contributed by atoms with Crippen LogP contribution < -0.4 is 5.73 Å². The van der Waals surface area contributed by atoms with Crippen molar-refractivity contribution in [2.45, 2.75) is 25.4 Å². The zero-order valence-electron chi connectivity index (χ0n) is 14.4. The van der Waals surface area contributed by atoms with E-state index < -0.39 is 12.1 Å². The van der Waals surface area contributed by atoms with Gasteiger partial charge in [0.05, 0.1) is 5.56 Å². The molecule has 1 saturated heterocycles. The van der Waals surface area contributed by atoms with Crippen LogP contribution in [0.4, 0.5) is 5.69 Å². The van der Waals surface area contributed by atoms with Crippen LogP contribution in [-0.4, -0.2) is 29.9 Å². The first kappa shape index (κ1) is 18.3. The number of anilines is 1. The third-order valence-corrected chi connectivity index (χ3v) is 4.69. The minimum atomic E-state index is -0.989. The molecule has 0 bridgehead atoms. The molecule has 1 fully saturated rings. The second-order valence-corrected chi connectivity index (χ2v) is 6.75. The maximum Gasteiger partial charge on any atom is 0.341 e. The van der Waals surface area contributed by atoms with E-state index in [1.54, 1.807) is 23.1 Å². The normalized spacial score (nSPS) is 15.3. The van der Waals surface area contributed by atoms with Gasteiger partial charge < -0.3 is 15.4 Å². The highest BCUT2D eigenvalue weighted by atomic mass is 35.5. The van der Waals surface area contributed by atoms with E-state index in [9.17, 15) is 9.59 Å². The second kappa shape index (κ2) is 8.23. The van der Waals surface area contributed by atoms with Gasteiger partial charge in [-0.1, -0.05) is 41.9 Å². The van der Waals surface area contributed by atoms with Crippen molar-refractivity contribution in [3.05, 3.63) is 64.7 Å². The van der Waals surface area contributed by atoms with Crippen molar-refractivity contribution in [1.82, 2.24) is 4.90 Å². The van der Waals surface area contributed by atoms with E-state index in [4.69, 9.17) is 22.1 Å². The number of nitrogens with two attached hydrogens (primary N) is 1. The van der Waals surface area contributed by atoms with E-state index in [0.717, 1.165) is 19.3 Å². The van der Waals surface area contributed by atoms with Gasteiger partial charge in [0, 0.05) is 29.4 Å². The molecule has 2 N–H and O–H groups in total. The molecule has 0 aliphatic carbocycles. The van der Waals surface area contributed by atoms with Gasteiger partial charge in [-0.2, -0.15) is 0 Å². The summed E-state index contributed by atoms with van der Waals surface area (Å²) in [6, 6.07) is 13.6. The zero-order chi connectivity index (χ0) is 18.5. The molecule has 0 spiro atoms. The van der Waals surface area contributed by atoms with E-state index in [2.05, 4.69) is 0 Å². The summed E-state index contributed by atoms with van der Waals surface area (Å²) in [6.45, 7) is 1.37. The molecule has 1 aliphatic heterocycles. The lowest BCUT2D eigenvalue weighted by molar-refractivity contribution is -0.142. The number of ether oxygens (including phenoxy) is 1. The van der Waals surface area contributed by atoms with Crippen molar-refractivity contribution in [3.63, 3.8) is 0 Å². The first-order valence-electron chi connectivity index (χ1n) is 8.66. The van der Waals surface area contributed by atoms with Crippen LogP contribution in [0.25, 0.3) is 0 Å². The Kier molecular flexibility index (Phi) is 5.78. The third kappa shape index (κ3) is 4.17. The largest absolute Gasteiger partial charge is 0.444 e. The van der Waals surface area contributed by atoms with Crippen LogP contribution in [0.2, 0.25) is 5.02 Å². The number of nitrogens with zero attached hydrogens (tertiary/aromatic N) is 1. The summed E-state index contributed by atoms with van der Waals surface area (Å²) in [4.78, 5) is 27.4. The van der Waals surface area contributed by atoms with Crippen molar-refractivity contribution in [2.24, 2.45) is 0 Å². The number of hydrogen-bond donors (Lipinski definition) is 1. The second-order valence-electron chi connectivity index (χ2n) is 6.31. The topological polar surface area (TPSA) is 72.6 Å². The monoisotopic (exact) mass is 372 g/mol. The van der Waals surface area contributed by atoms with Gasteiger partial charge in [0.1, 0.15) is 0 Å². The fourth-order valence-electron chi connectivity index (χ4n) is 3.06. The first-order chi connectivity index (χ1) is 12.6. The number of halogens is 1. The van der Waals surface area contributed by atoms with E-state index >= 15 is 0 Å². The molecule has 2 aromatic carbocycles. The van der Waals surface area contributed by atoms with Crippen molar-refractivity contribution < 1.29 is 14.3 Å². The van der Waals surface area contributed by atoms with Crippen molar-refractivity contribution >= 4 is 29.2 Å². The molecule has 2 aromatic rings. The van der Waals surface area contributed by atoms with Crippen LogP contribution in [0, 0.1) is 0 Å². The lowest BCUT2D eigenvalue weighted by Gasteiger charge is -2.30. The summed E-state index contributed by atoms with van der Waals surface area (Å²) in [5.74, 6) is -0.838. The van der Waals surface area contributed by atoms with E-state index in [1.165, 1.54) is 12.1 Å².